The van der Waals surface area contributed by atoms with Crippen LogP contribution in [0.3, 0.4) is 0 Å². The molecule has 0 spiro atoms. The topological polar surface area (TPSA) is 46.9 Å². The molecule has 0 bridgehead atoms. The monoisotopic (exact) mass is 353 g/mol. The number of nitrogens with zero attached hydrogens (tertiary/aromatic N) is 2. The zero-order valence-electron chi connectivity index (χ0n) is 10.9. The summed E-state index contributed by atoms with van der Waals surface area (Å²) in [7, 11) is 1.63. The van der Waals surface area contributed by atoms with Gasteiger partial charge in [-0.1, -0.05) is 23.7 Å². The third kappa shape index (κ3) is 2.25. The van der Waals surface area contributed by atoms with Crippen molar-refractivity contribution < 1.29 is 0 Å². The van der Waals surface area contributed by atoms with Crippen LogP contribution in [-0.4, -0.2) is 9.78 Å². The Bertz CT molecular complexity index is 729. The zero-order chi connectivity index (χ0) is 14.3. The minimum Gasteiger partial charge on any atom is -0.376 e. The SMILES string of the molecule is Cn1ncc(NC2CCc3c(Cl)cccc32)c(Br)c1=O. The summed E-state index contributed by atoms with van der Waals surface area (Å²) < 4.78 is 1.81. The number of nitrogens with one attached hydrogen (secondary N) is 1. The summed E-state index contributed by atoms with van der Waals surface area (Å²) >= 11 is 9.54. The van der Waals surface area contributed by atoms with Gasteiger partial charge >= 0.3 is 0 Å². The molecule has 3 rings (SSSR count). The standard InChI is InChI=1S/C14H13BrClN3O/c1-19-14(20)13(15)12(7-17-19)18-11-6-5-8-9(11)3-2-4-10(8)16/h2-4,7,11,18H,5-6H2,1H3. The van der Waals surface area contributed by atoms with Crippen LogP contribution in [-0.2, 0) is 13.5 Å². The molecule has 104 valence electrons. The van der Waals surface area contributed by atoms with E-state index in [4.69, 9.17) is 11.6 Å². The average Bonchev–Trinajstić information content (AvgIpc) is 2.84. The Labute approximate surface area is 129 Å². The van der Waals surface area contributed by atoms with Crippen molar-refractivity contribution >= 4 is 33.2 Å². The lowest BCUT2D eigenvalue weighted by molar-refractivity contribution is 0.697. The number of hydrogen-bond donors (Lipinski definition) is 1. The average molecular weight is 355 g/mol. The summed E-state index contributed by atoms with van der Waals surface area (Å²) in [6.45, 7) is 0. The first-order chi connectivity index (χ1) is 9.58. The maximum absolute atomic E-state index is 11.9. The minimum absolute atomic E-state index is 0.153. The van der Waals surface area contributed by atoms with E-state index in [1.54, 1.807) is 13.2 Å². The number of aromatic nitrogens is 2. The quantitative estimate of drug-likeness (QED) is 0.900. The van der Waals surface area contributed by atoms with Crippen molar-refractivity contribution in [2.45, 2.75) is 18.9 Å². The highest BCUT2D eigenvalue weighted by molar-refractivity contribution is 9.10. The molecule has 0 saturated carbocycles. The highest BCUT2D eigenvalue weighted by atomic mass is 79.9. The van der Waals surface area contributed by atoms with Gasteiger partial charge in [-0.15, -0.1) is 0 Å². The van der Waals surface area contributed by atoms with Crippen molar-refractivity contribution in [2.75, 3.05) is 5.32 Å². The predicted molar refractivity (Wildman–Crippen MR) is 83.3 cm³/mol. The summed E-state index contributed by atoms with van der Waals surface area (Å²) in [6.07, 6.45) is 3.57. The molecule has 0 radical (unpaired) electrons. The van der Waals surface area contributed by atoms with Crippen molar-refractivity contribution in [2.24, 2.45) is 7.05 Å². The molecule has 1 N–H and O–H groups in total. The second-order valence-electron chi connectivity index (χ2n) is 4.84. The third-order valence-corrected chi connectivity index (χ3v) is 4.74. The highest BCUT2D eigenvalue weighted by Gasteiger charge is 2.24. The molecule has 0 aliphatic heterocycles. The third-order valence-electron chi connectivity index (χ3n) is 3.62. The van der Waals surface area contributed by atoms with Gasteiger partial charge in [0.2, 0.25) is 0 Å². The van der Waals surface area contributed by atoms with Crippen LogP contribution >= 0.6 is 27.5 Å². The van der Waals surface area contributed by atoms with E-state index < -0.39 is 0 Å². The molecule has 4 nitrogen and oxygen atoms in total. The van der Waals surface area contributed by atoms with Crippen LogP contribution in [0.25, 0.3) is 0 Å². The van der Waals surface area contributed by atoms with Crippen LogP contribution < -0.4 is 10.9 Å². The van der Waals surface area contributed by atoms with Crippen molar-refractivity contribution in [1.82, 2.24) is 9.78 Å². The van der Waals surface area contributed by atoms with E-state index in [9.17, 15) is 4.79 Å². The van der Waals surface area contributed by atoms with E-state index in [2.05, 4.69) is 32.4 Å². The summed E-state index contributed by atoms with van der Waals surface area (Å²) in [5.74, 6) is 0. The molecule has 1 atom stereocenters. The van der Waals surface area contributed by atoms with E-state index in [1.165, 1.54) is 15.8 Å². The molecule has 1 aromatic heterocycles. The Morgan fingerprint density at radius 1 is 1.50 bits per heavy atom. The number of halogens is 2. The van der Waals surface area contributed by atoms with Crippen LogP contribution in [0.15, 0.2) is 33.7 Å². The molecular weight excluding hydrogens is 342 g/mol. The van der Waals surface area contributed by atoms with Crippen LogP contribution in [0, 0.1) is 0 Å². The number of rotatable bonds is 2. The molecule has 2 aromatic rings. The van der Waals surface area contributed by atoms with Gasteiger partial charge in [0.05, 0.1) is 17.9 Å². The maximum Gasteiger partial charge on any atom is 0.282 e. The zero-order valence-corrected chi connectivity index (χ0v) is 13.2. The summed E-state index contributed by atoms with van der Waals surface area (Å²) in [4.78, 5) is 11.9. The number of anilines is 1. The molecule has 0 amide bonds. The Balaban J connectivity index is 1.94. The van der Waals surface area contributed by atoms with Gasteiger partial charge in [-0.3, -0.25) is 4.79 Å². The molecule has 20 heavy (non-hydrogen) atoms. The van der Waals surface area contributed by atoms with E-state index in [0.717, 1.165) is 17.9 Å². The summed E-state index contributed by atoms with van der Waals surface area (Å²) in [5.41, 5.74) is 2.95. The van der Waals surface area contributed by atoms with Crippen LogP contribution in [0.4, 0.5) is 5.69 Å². The van der Waals surface area contributed by atoms with Crippen LogP contribution in [0.5, 0.6) is 0 Å². The van der Waals surface area contributed by atoms with Gasteiger partial charge in [0, 0.05) is 12.1 Å². The van der Waals surface area contributed by atoms with Crippen molar-refractivity contribution in [3.8, 4) is 0 Å². The second-order valence-corrected chi connectivity index (χ2v) is 6.04. The first-order valence-corrected chi connectivity index (χ1v) is 7.50. The lowest BCUT2D eigenvalue weighted by atomic mass is 10.1. The van der Waals surface area contributed by atoms with E-state index in [-0.39, 0.29) is 11.6 Å². The summed E-state index contributed by atoms with van der Waals surface area (Å²) in [5, 5.41) is 8.23. The molecule has 1 heterocycles. The van der Waals surface area contributed by atoms with Gasteiger partial charge in [-0.25, -0.2) is 4.68 Å². The molecule has 6 heteroatoms. The number of fused-ring (bicyclic) bond motifs is 1. The number of benzene rings is 1. The fourth-order valence-corrected chi connectivity index (χ4v) is 3.31. The van der Waals surface area contributed by atoms with E-state index in [1.807, 2.05) is 12.1 Å². The molecule has 1 aliphatic rings. The van der Waals surface area contributed by atoms with Gasteiger partial charge in [0.25, 0.3) is 5.56 Å². The Hall–Kier alpha value is -1.33. The fraction of sp³-hybridized carbons (Fsp3) is 0.286. The van der Waals surface area contributed by atoms with Crippen molar-refractivity contribution in [1.29, 1.82) is 0 Å². The van der Waals surface area contributed by atoms with Crippen LogP contribution in [0.1, 0.15) is 23.6 Å². The first kappa shape index (κ1) is 13.6. The normalized spacial score (nSPS) is 17.1. The molecule has 0 fully saturated rings. The van der Waals surface area contributed by atoms with Crippen molar-refractivity contribution in [3.63, 3.8) is 0 Å². The molecule has 1 aliphatic carbocycles. The van der Waals surface area contributed by atoms with Gasteiger partial charge in [0.1, 0.15) is 4.47 Å². The number of aryl methyl sites for hydroxylation is 1. The summed E-state index contributed by atoms with van der Waals surface area (Å²) in [6, 6.07) is 6.11. The maximum atomic E-state index is 11.9. The first-order valence-electron chi connectivity index (χ1n) is 6.33. The number of hydrogen-bond acceptors (Lipinski definition) is 3. The molecule has 1 unspecified atom stereocenters. The van der Waals surface area contributed by atoms with Gasteiger partial charge < -0.3 is 5.32 Å². The van der Waals surface area contributed by atoms with Crippen molar-refractivity contribution in [3.05, 3.63) is 55.4 Å². The largest absolute Gasteiger partial charge is 0.376 e. The minimum atomic E-state index is -0.153. The van der Waals surface area contributed by atoms with Crippen LogP contribution in [0.2, 0.25) is 5.02 Å². The van der Waals surface area contributed by atoms with Gasteiger partial charge in [0.15, 0.2) is 0 Å². The predicted octanol–water partition coefficient (Wildman–Crippen LogP) is 3.30. The highest BCUT2D eigenvalue weighted by Crippen LogP contribution is 2.37. The van der Waals surface area contributed by atoms with E-state index in [0.29, 0.717) is 10.2 Å². The Kier molecular flexibility index (Phi) is 3.56. The Morgan fingerprint density at radius 3 is 3.10 bits per heavy atom. The second kappa shape index (κ2) is 5.22. The molecular formula is C14H13BrClN3O. The lowest BCUT2D eigenvalue weighted by Crippen LogP contribution is -2.22. The van der Waals surface area contributed by atoms with Gasteiger partial charge in [-0.05, 0) is 46.0 Å². The smallest absolute Gasteiger partial charge is 0.282 e. The van der Waals surface area contributed by atoms with E-state index >= 15 is 0 Å². The molecule has 0 saturated heterocycles. The molecule has 1 aromatic carbocycles. The van der Waals surface area contributed by atoms with Gasteiger partial charge in [-0.2, -0.15) is 5.10 Å². The Morgan fingerprint density at radius 2 is 2.30 bits per heavy atom. The lowest BCUT2D eigenvalue weighted by Gasteiger charge is -2.16. The fourth-order valence-electron chi connectivity index (χ4n) is 2.56.